The fourth-order valence-corrected chi connectivity index (χ4v) is 5.80. The van der Waals surface area contributed by atoms with Gasteiger partial charge < -0.3 is 20.5 Å². The molecule has 1 aliphatic rings. The maximum Gasteiger partial charge on any atom is 0.127 e. The second-order valence-electron chi connectivity index (χ2n) is 9.54. The maximum atomic E-state index is 6.32. The molecule has 1 aliphatic heterocycles. The lowest BCUT2D eigenvalue weighted by Gasteiger charge is -2.22. The fourth-order valence-electron chi connectivity index (χ4n) is 4.84. The Hall–Kier alpha value is -3.06. The van der Waals surface area contributed by atoms with Crippen molar-refractivity contribution in [1.29, 1.82) is 0 Å². The van der Waals surface area contributed by atoms with E-state index >= 15 is 0 Å². The van der Waals surface area contributed by atoms with Crippen LogP contribution in [0, 0.1) is 5.92 Å². The first kappa shape index (κ1) is 25.6. The van der Waals surface area contributed by atoms with Crippen molar-refractivity contribution in [2.75, 3.05) is 25.6 Å². The largest absolute Gasteiger partial charge is 0.494 e. The third-order valence-corrected chi connectivity index (χ3v) is 7.78. The van der Waals surface area contributed by atoms with Gasteiger partial charge in [-0.05, 0) is 85.7 Å². The summed E-state index contributed by atoms with van der Waals surface area (Å²) in [6.07, 6.45) is 3.16. The van der Waals surface area contributed by atoms with Crippen molar-refractivity contribution >= 4 is 28.5 Å². The van der Waals surface area contributed by atoms with Crippen molar-refractivity contribution in [2.45, 2.75) is 49.1 Å². The van der Waals surface area contributed by atoms with Crippen LogP contribution in [-0.2, 0) is 24.2 Å². The zero-order valence-electron chi connectivity index (χ0n) is 21.4. The Kier molecular flexibility index (Phi) is 8.61. The molecule has 3 N–H and O–H groups in total. The molecule has 1 fully saturated rings. The van der Waals surface area contributed by atoms with Crippen molar-refractivity contribution in [3.05, 3.63) is 89.5 Å². The van der Waals surface area contributed by atoms with E-state index in [2.05, 4.69) is 66.0 Å². The first-order valence-corrected chi connectivity index (χ1v) is 13.9. The lowest BCUT2D eigenvalue weighted by Crippen LogP contribution is -2.18. The number of hydrogen-bond donors (Lipinski definition) is 2. The minimum Gasteiger partial charge on any atom is -0.494 e. The summed E-state index contributed by atoms with van der Waals surface area (Å²) in [5.41, 5.74) is 10.9. The van der Waals surface area contributed by atoms with Gasteiger partial charge in [0.25, 0.3) is 0 Å². The predicted molar refractivity (Wildman–Crippen MR) is 152 cm³/mol. The van der Waals surface area contributed by atoms with Gasteiger partial charge in [-0.15, -0.1) is 0 Å². The summed E-state index contributed by atoms with van der Waals surface area (Å²) in [5.74, 6) is 2.23. The number of anilines is 1. The SMILES string of the molecule is CCOc1ccccc1CNCc1cccc(Sc2ccc3nc(N)c(CC4CCOCC4)cc3c2)c1. The molecule has 5 rings (SSSR count). The summed E-state index contributed by atoms with van der Waals surface area (Å²) >= 11 is 1.78. The molecular weight excluding hydrogens is 478 g/mol. The molecule has 0 radical (unpaired) electrons. The summed E-state index contributed by atoms with van der Waals surface area (Å²) in [6.45, 7) is 5.95. The normalized spacial score (nSPS) is 14.2. The highest BCUT2D eigenvalue weighted by Gasteiger charge is 2.16. The minimum atomic E-state index is 0.622. The molecule has 0 spiro atoms. The van der Waals surface area contributed by atoms with Crippen molar-refractivity contribution in [3.63, 3.8) is 0 Å². The lowest BCUT2D eigenvalue weighted by molar-refractivity contribution is 0.0666. The second kappa shape index (κ2) is 12.5. The summed E-state index contributed by atoms with van der Waals surface area (Å²) in [5, 5.41) is 4.71. The lowest BCUT2D eigenvalue weighted by atomic mass is 9.92. The number of ether oxygens (including phenoxy) is 2. The van der Waals surface area contributed by atoms with Gasteiger partial charge in [-0.1, -0.05) is 42.1 Å². The van der Waals surface area contributed by atoms with Crippen LogP contribution in [0.15, 0.2) is 82.6 Å². The number of rotatable bonds is 10. The van der Waals surface area contributed by atoms with Crippen LogP contribution in [0.2, 0.25) is 0 Å². The predicted octanol–water partition coefficient (Wildman–Crippen LogP) is 6.63. The Morgan fingerprint density at radius 1 is 0.946 bits per heavy atom. The summed E-state index contributed by atoms with van der Waals surface area (Å²) < 4.78 is 11.3. The van der Waals surface area contributed by atoms with Crippen molar-refractivity contribution in [2.24, 2.45) is 5.92 Å². The first-order chi connectivity index (χ1) is 18.2. The Balaban J connectivity index is 1.24. The number of aromatic nitrogens is 1. The summed E-state index contributed by atoms with van der Waals surface area (Å²) in [7, 11) is 0. The molecule has 192 valence electrons. The van der Waals surface area contributed by atoms with Crippen LogP contribution in [0.4, 0.5) is 5.82 Å². The van der Waals surface area contributed by atoms with Gasteiger partial charge in [-0.25, -0.2) is 4.98 Å². The monoisotopic (exact) mass is 513 g/mol. The van der Waals surface area contributed by atoms with E-state index in [1.807, 2.05) is 19.1 Å². The highest BCUT2D eigenvalue weighted by Crippen LogP contribution is 2.32. The number of nitrogens with one attached hydrogen (secondary N) is 1. The average molecular weight is 514 g/mol. The van der Waals surface area contributed by atoms with E-state index in [1.54, 1.807) is 11.8 Å². The third-order valence-electron chi connectivity index (χ3n) is 6.80. The molecule has 37 heavy (non-hydrogen) atoms. The van der Waals surface area contributed by atoms with E-state index in [0.29, 0.717) is 18.3 Å². The molecule has 0 amide bonds. The van der Waals surface area contributed by atoms with E-state index in [1.165, 1.54) is 20.9 Å². The molecule has 0 aliphatic carbocycles. The van der Waals surface area contributed by atoms with Crippen molar-refractivity contribution < 1.29 is 9.47 Å². The number of para-hydroxylation sites is 1. The van der Waals surface area contributed by atoms with Crippen molar-refractivity contribution in [3.8, 4) is 5.75 Å². The van der Waals surface area contributed by atoms with Gasteiger partial charge in [0.15, 0.2) is 0 Å². The highest BCUT2D eigenvalue weighted by molar-refractivity contribution is 7.99. The number of hydrogen-bond acceptors (Lipinski definition) is 6. The van der Waals surface area contributed by atoms with Crippen molar-refractivity contribution in [1.82, 2.24) is 10.3 Å². The number of nitrogens with zero attached hydrogens (tertiary/aromatic N) is 1. The van der Waals surface area contributed by atoms with E-state index in [-0.39, 0.29) is 0 Å². The molecule has 3 aromatic carbocycles. The van der Waals surface area contributed by atoms with Crippen LogP contribution < -0.4 is 15.8 Å². The van der Waals surface area contributed by atoms with E-state index < -0.39 is 0 Å². The number of nitrogens with two attached hydrogens (primary N) is 1. The topological polar surface area (TPSA) is 69.4 Å². The standard InChI is InChI=1S/C31H35N3O2S/c1-2-36-30-9-4-3-7-24(30)21-33-20-23-6-5-8-27(17-23)37-28-10-11-29-25(19-28)18-26(31(32)34-29)16-22-12-14-35-15-13-22/h3-11,17-19,22,33H,2,12-16,20-21H2,1H3,(H2,32,34). The van der Waals surface area contributed by atoms with Gasteiger partial charge in [-0.2, -0.15) is 0 Å². The molecule has 2 heterocycles. The molecule has 4 aromatic rings. The minimum absolute atomic E-state index is 0.622. The molecule has 6 heteroatoms. The van der Waals surface area contributed by atoms with E-state index in [9.17, 15) is 0 Å². The molecule has 0 bridgehead atoms. The summed E-state index contributed by atoms with van der Waals surface area (Å²) in [4.78, 5) is 7.12. The summed E-state index contributed by atoms with van der Waals surface area (Å²) in [6, 6.07) is 25.6. The van der Waals surface area contributed by atoms with Gasteiger partial charge in [0.05, 0.1) is 12.1 Å². The Morgan fingerprint density at radius 2 is 1.78 bits per heavy atom. The average Bonchev–Trinajstić information content (AvgIpc) is 2.91. The Bertz CT molecular complexity index is 1340. The van der Waals surface area contributed by atoms with Crippen LogP contribution in [0.25, 0.3) is 10.9 Å². The smallest absolute Gasteiger partial charge is 0.127 e. The molecule has 0 unspecified atom stereocenters. The number of nitrogen functional groups attached to an aromatic ring is 1. The highest BCUT2D eigenvalue weighted by atomic mass is 32.2. The second-order valence-corrected chi connectivity index (χ2v) is 10.7. The van der Waals surface area contributed by atoms with Gasteiger partial charge in [0.2, 0.25) is 0 Å². The zero-order valence-corrected chi connectivity index (χ0v) is 22.2. The van der Waals surface area contributed by atoms with Crippen LogP contribution in [0.5, 0.6) is 5.75 Å². The first-order valence-electron chi connectivity index (χ1n) is 13.1. The van der Waals surface area contributed by atoms with Crippen LogP contribution in [-0.4, -0.2) is 24.8 Å². The van der Waals surface area contributed by atoms with E-state index in [0.717, 1.165) is 67.8 Å². The number of benzene rings is 3. The number of fused-ring (bicyclic) bond motifs is 1. The molecule has 1 saturated heterocycles. The Morgan fingerprint density at radius 3 is 2.65 bits per heavy atom. The van der Waals surface area contributed by atoms with Gasteiger partial charge in [-0.3, -0.25) is 0 Å². The molecule has 5 nitrogen and oxygen atoms in total. The molecule has 0 atom stereocenters. The maximum absolute atomic E-state index is 6.32. The Labute approximate surface area is 223 Å². The molecule has 0 saturated carbocycles. The molecular formula is C31H35N3O2S. The van der Waals surface area contributed by atoms with Crippen LogP contribution >= 0.6 is 11.8 Å². The van der Waals surface area contributed by atoms with Crippen LogP contribution in [0.3, 0.4) is 0 Å². The third kappa shape index (κ3) is 6.83. The van der Waals surface area contributed by atoms with Gasteiger partial charge in [0.1, 0.15) is 11.6 Å². The van der Waals surface area contributed by atoms with Crippen LogP contribution in [0.1, 0.15) is 36.5 Å². The zero-order chi connectivity index (χ0) is 25.5. The number of pyridine rings is 1. The fraction of sp³-hybridized carbons (Fsp3) is 0.323. The van der Waals surface area contributed by atoms with Gasteiger partial charge >= 0.3 is 0 Å². The van der Waals surface area contributed by atoms with E-state index in [4.69, 9.17) is 20.2 Å². The van der Waals surface area contributed by atoms with Gasteiger partial charge in [0, 0.05) is 47.0 Å². The molecule has 1 aromatic heterocycles. The quantitative estimate of drug-likeness (QED) is 0.248.